The highest BCUT2D eigenvalue weighted by Gasteiger charge is 2.32. The van der Waals surface area contributed by atoms with Crippen molar-refractivity contribution in [2.75, 3.05) is 57.8 Å². The van der Waals surface area contributed by atoms with Crippen LogP contribution in [0.1, 0.15) is 18.4 Å². The van der Waals surface area contributed by atoms with Crippen LogP contribution < -0.4 is 10.2 Å². The molecule has 3 rings (SSSR count). The predicted molar refractivity (Wildman–Crippen MR) is 113 cm³/mol. The summed E-state index contributed by atoms with van der Waals surface area (Å²) in [5.74, 6) is 0.129. The number of rotatable bonds is 4. The van der Waals surface area contributed by atoms with Crippen LogP contribution in [0.15, 0.2) is 24.3 Å². The molecular weight excluding hydrogens is 428 g/mol. The van der Waals surface area contributed by atoms with Crippen LogP contribution in [0.3, 0.4) is 0 Å². The summed E-state index contributed by atoms with van der Waals surface area (Å²) in [6, 6.07) is 5.89. The fourth-order valence-electron chi connectivity index (χ4n) is 3.97. The number of hydrogen-bond donors (Lipinski definition) is 1. The monoisotopic (exact) mass is 456 g/mol. The Labute approximate surface area is 182 Å². The van der Waals surface area contributed by atoms with Crippen LogP contribution in [0.25, 0.3) is 0 Å². The number of carbonyl (C=O) groups is 1. The third kappa shape index (κ3) is 6.64. The van der Waals surface area contributed by atoms with Crippen LogP contribution in [0, 0.1) is 0 Å². The third-order valence-corrected chi connectivity index (χ3v) is 5.45. The molecule has 29 heavy (non-hydrogen) atoms. The molecule has 0 spiro atoms. The number of piperidine rings is 1. The molecule has 2 heterocycles. The van der Waals surface area contributed by atoms with Crippen molar-refractivity contribution >= 4 is 36.4 Å². The van der Waals surface area contributed by atoms with Gasteiger partial charge in [0.25, 0.3) is 0 Å². The second-order valence-corrected chi connectivity index (χ2v) is 7.24. The van der Waals surface area contributed by atoms with E-state index in [4.69, 9.17) is 0 Å². The van der Waals surface area contributed by atoms with Gasteiger partial charge in [-0.25, -0.2) is 0 Å². The minimum absolute atomic E-state index is 0. The Kier molecular flexibility index (Phi) is 10.0. The molecule has 0 aromatic heterocycles. The normalized spacial score (nSPS) is 20.6. The lowest BCUT2D eigenvalue weighted by molar-refractivity contribution is -0.137. The molecule has 10 heteroatoms. The summed E-state index contributed by atoms with van der Waals surface area (Å²) < 4.78 is 38.8. The molecule has 1 N–H and O–H groups in total. The third-order valence-electron chi connectivity index (χ3n) is 5.45. The van der Waals surface area contributed by atoms with Crippen LogP contribution in [-0.4, -0.2) is 74.6 Å². The number of nitrogens with one attached hydrogen (secondary N) is 1. The zero-order valence-corrected chi connectivity index (χ0v) is 18.1. The number of nitrogens with zero attached hydrogens (tertiary/aromatic N) is 3. The quantitative estimate of drug-likeness (QED) is 0.755. The van der Waals surface area contributed by atoms with Gasteiger partial charge in [-0.3, -0.25) is 9.69 Å². The molecule has 166 valence electrons. The summed E-state index contributed by atoms with van der Waals surface area (Å²) >= 11 is 0. The van der Waals surface area contributed by atoms with Crippen molar-refractivity contribution in [3.05, 3.63) is 29.8 Å². The number of benzene rings is 1. The first-order valence-corrected chi connectivity index (χ1v) is 9.47. The summed E-state index contributed by atoms with van der Waals surface area (Å²) in [5.41, 5.74) is 0.0207. The number of amides is 1. The van der Waals surface area contributed by atoms with Gasteiger partial charge in [-0.2, -0.15) is 13.2 Å². The van der Waals surface area contributed by atoms with Crippen molar-refractivity contribution in [3.8, 4) is 0 Å². The maximum atomic E-state index is 12.9. The first-order chi connectivity index (χ1) is 12.9. The fraction of sp³-hybridized carbons (Fsp3) is 0.632. The highest BCUT2D eigenvalue weighted by atomic mass is 35.5. The first-order valence-electron chi connectivity index (χ1n) is 9.47. The molecule has 1 unspecified atom stereocenters. The van der Waals surface area contributed by atoms with E-state index in [1.54, 1.807) is 13.1 Å². The van der Waals surface area contributed by atoms with Gasteiger partial charge in [0.1, 0.15) is 0 Å². The molecular formula is C19H29Cl2F3N4O. The zero-order chi connectivity index (χ0) is 19.4. The number of likely N-dealkylation sites (N-methyl/N-ethyl adjacent to an activating group) is 1. The highest BCUT2D eigenvalue weighted by Crippen LogP contribution is 2.32. The van der Waals surface area contributed by atoms with E-state index < -0.39 is 11.7 Å². The lowest BCUT2D eigenvalue weighted by atomic mass is 10.0. The molecule has 0 bridgehead atoms. The SMILES string of the molecule is CNCC(=O)N1CCCC(N2CCN(c3cccc(C(F)(F)F)c3)CC2)C1.Cl.Cl. The number of halogens is 5. The Bertz CT molecular complexity index is 655. The van der Waals surface area contributed by atoms with Crippen LogP contribution in [0.2, 0.25) is 0 Å². The van der Waals surface area contributed by atoms with E-state index in [1.807, 2.05) is 9.80 Å². The predicted octanol–water partition coefficient (Wildman–Crippen LogP) is 2.88. The summed E-state index contributed by atoms with van der Waals surface area (Å²) in [5, 5.41) is 2.91. The largest absolute Gasteiger partial charge is 0.416 e. The van der Waals surface area contributed by atoms with E-state index in [-0.39, 0.29) is 30.7 Å². The maximum Gasteiger partial charge on any atom is 0.416 e. The zero-order valence-electron chi connectivity index (χ0n) is 16.5. The Hall–Kier alpha value is -1.22. The van der Waals surface area contributed by atoms with E-state index in [1.165, 1.54) is 12.1 Å². The van der Waals surface area contributed by atoms with Crippen LogP contribution in [0.5, 0.6) is 0 Å². The van der Waals surface area contributed by atoms with Crippen molar-refractivity contribution < 1.29 is 18.0 Å². The van der Waals surface area contributed by atoms with Crippen molar-refractivity contribution in [1.29, 1.82) is 0 Å². The minimum atomic E-state index is -4.32. The summed E-state index contributed by atoms with van der Waals surface area (Å²) in [4.78, 5) is 18.4. The van der Waals surface area contributed by atoms with E-state index in [0.29, 0.717) is 31.4 Å². The summed E-state index contributed by atoms with van der Waals surface area (Å²) in [6.45, 7) is 4.90. The number of anilines is 1. The number of alkyl halides is 3. The molecule has 1 aromatic carbocycles. The first kappa shape index (κ1) is 25.8. The molecule has 2 fully saturated rings. The Balaban J connectivity index is 0.00000210. The van der Waals surface area contributed by atoms with E-state index in [2.05, 4.69) is 10.2 Å². The molecule has 1 atom stereocenters. The lowest BCUT2D eigenvalue weighted by Crippen LogP contribution is -2.56. The van der Waals surface area contributed by atoms with Gasteiger partial charge in [0, 0.05) is 51.0 Å². The Morgan fingerprint density at radius 1 is 1.14 bits per heavy atom. The fourth-order valence-corrected chi connectivity index (χ4v) is 3.97. The minimum Gasteiger partial charge on any atom is -0.369 e. The lowest BCUT2D eigenvalue weighted by Gasteiger charge is -2.44. The van der Waals surface area contributed by atoms with E-state index in [0.717, 1.165) is 45.1 Å². The highest BCUT2D eigenvalue weighted by molar-refractivity contribution is 5.85. The second-order valence-electron chi connectivity index (χ2n) is 7.24. The van der Waals surface area contributed by atoms with Gasteiger partial charge < -0.3 is 15.1 Å². The van der Waals surface area contributed by atoms with Gasteiger partial charge in [-0.1, -0.05) is 6.07 Å². The molecule has 0 aliphatic carbocycles. The van der Waals surface area contributed by atoms with E-state index >= 15 is 0 Å². The molecule has 0 radical (unpaired) electrons. The molecule has 0 saturated carbocycles. The number of hydrogen-bond acceptors (Lipinski definition) is 4. The Morgan fingerprint density at radius 2 is 1.83 bits per heavy atom. The Morgan fingerprint density at radius 3 is 2.45 bits per heavy atom. The molecule has 1 amide bonds. The van der Waals surface area contributed by atoms with Gasteiger partial charge in [0.15, 0.2) is 0 Å². The van der Waals surface area contributed by atoms with Crippen molar-refractivity contribution in [2.45, 2.75) is 25.1 Å². The average molecular weight is 457 g/mol. The van der Waals surface area contributed by atoms with Gasteiger partial charge in [0.2, 0.25) is 5.91 Å². The van der Waals surface area contributed by atoms with Crippen molar-refractivity contribution in [2.24, 2.45) is 0 Å². The second kappa shape index (κ2) is 11.2. The summed E-state index contributed by atoms with van der Waals surface area (Å²) in [6.07, 6.45) is -2.26. The maximum absolute atomic E-state index is 12.9. The topological polar surface area (TPSA) is 38.8 Å². The average Bonchev–Trinajstić information content (AvgIpc) is 2.68. The summed E-state index contributed by atoms with van der Waals surface area (Å²) in [7, 11) is 1.77. The van der Waals surface area contributed by atoms with Gasteiger partial charge in [-0.15, -0.1) is 24.8 Å². The van der Waals surface area contributed by atoms with Gasteiger partial charge in [0.05, 0.1) is 12.1 Å². The van der Waals surface area contributed by atoms with Crippen LogP contribution in [0.4, 0.5) is 18.9 Å². The molecule has 2 aliphatic heterocycles. The van der Waals surface area contributed by atoms with Crippen LogP contribution in [-0.2, 0) is 11.0 Å². The van der Waals surface area contributed by atoms with Crippen molar-refractivity contribution in [1.82, 2.24) is 15.1 Å². The van der Waals surface area contributed by atoms with Crippen molar-refractivity contribution in [3.63, 3.8) is 0 Å². The smallest absolute Gasteiger partial charge is 0.369 e. The standard InChI is InChI=1S/C19H27F3N4O.2ClH/c1-23-13-18(27)26-7-3-6-17(14-26)25-10-8-24(9-11-25)16-5-2-4-15(12-16)19(20,21)22;;/h2,4-5,12,17,23H,3,6-11,13-14H2,1H3;2*1H. The molecule has 5 nitrogen and oxygen atoms in total. The van der Waals surface area contributed by atoms with Crippen LogP contribution >= 0.6 is 24.8 Å². The number of piperazine rings is 1. The van der Waals surface area contributed by atoms with Gasteiger partial charge >= 0.3 is 6.18 Å². The molecule has 2 saturated heterocycles. The van der Waals surface area contributed by atoms with E-state index in [9.17, 15) is 18.0 Å². The number of likely N-dealkylation sites (tertiary alicyclic amines) is 1. The number of carbonyl (C=O) groups excluding carboxylic acids is 1. The van der Waals surface area contributed by atoms with Gasteiger partial charge in [-0.05, 0) is 38.1 Å². The molecule has 1 aromatic rings. The molecule has 2 aliphatic rings.